The minimum Gasteiger partial charge on any atom is -0.488 e. The predicted octanol–water partition coefficient (Wildman–Crippen LogP) is 9.77. The fourth-order valence-electron chi connectivity index (χ4n) is 7.45. The Labute approximate surface area is 382 Å². The number of piperidine rings is 2. The van der Waals surface area contributed by atoms with Crippen molar-refractivity contribution in [1.29, 1.82) is 0 Å². The van der Waals surface area contributed by atoms with Crippen molar-refractivity contribution in [3.63, 3.8) is 0 Å². The number of sulfonamides is 2. The molecule has 2 N–H and O–H groups in total. The lowest BCUT2D eigenvalue weighted by molar-refractivity contribution is 0.0490. The van der Waals surface area contributed by atoms with E-state index in [9.17, 15) is 16.8 Å². The minimum absolute atomic E-state index is 0.0282. The van der Waals surface area contributed by atoms with Crippen molar-refractivity contribution in [2.75, 3.05) is 35.6 Å². The fraction of sp³-hybridized carbons (Fsp3) is 0.318. The van der Waals surface area contributed by atoms with Gasteiger partial charge < -0.3 is 9.47 Å². The molecule has 0 saturated carbocycles. The Balaban J connectivity index is 0.000000186. The second-order valence-electron chi connectivity index (χ2n) is 15.4. The van der Waals surface area contributed by atoms with E-state index in [-0.39, 0.29) is 32.0 Å². The van der Waals surface area contributed by atoms with Gasteiger partial charge in [-0.15, -0.1) is 22.7 Å². The maximum absolute atomic E-state index is 12.5. The van der Waals surface area contributed by atoms with Crippen LogP contribution >= 0.6 is 45.9 Å². The predicted molar refractivity (Wildman–Crippen MR) is 249 cm³/mol. The number of halogens is 2. The Morgan fingerprint density at radius 2 is 1.03 bits per heavy atom. The highest BCUT2D eigenvalue weighted by Crippen LogP contribution is 2.34. The highest BCUT2D eigenvalue weighted by atomic mass is 35.5. The average molecular weight is 956 g/mol. The molecule has 0 bridgehead atoms. The number of anilines is 2. The number of likely N-dealkylation sites (tertiary alicyclic amines) is 2. The molecule has 0 radical (unpaired) electrons. The molecular weight excluding hydrogens is 908 g/mol. The van der Waals surface area contributed by atoms with Crippen LogP contribution in [-0.4, -0.2) is 75.0 Å². The van der Waals surface area contributed by atoms with Crippen molar-refractivity contribution in [2.45, 2.75) is 61.8 Å². The first kappa shape index (κ1) is 45.8. The molecule has 6 aromatic rings. The number of nitrogens with zero attached hydrogens (tertiary/aromatic N) is 4. The van der Waals surface area contributed by atoms with E-state index in [1.807, 2.05) is 12.1 Å². The van der Waals surface area contributed by atoms with Crippen LogP contribution in [0.4, 0.5) is 10.3 Å². The van der Waals surface area contributed by atoms with Crippen LogP contribution in [0, 0.1) is 11.8 Å². The Hall–Kier alpha value is -4.26. The summed E-state index contributed by atoms with van der Waals surface area (Å²) in [5.74, 6) is 1.65. The number of ether oxygens (including phenoxy) is 2. The van der Waals surface area contributed by atoms with Gasteiger partial charge in [-0.25, -0.2) is 26.8 Å². The van der Waals surface area contributed by atoms with Crippen molar-refractivity contribution >= 4 is 76.2 Å². The van der Waals surface area contributed by atoms with Crippen molar-refractivity contribution < 1.29 is 26.3 Å². The molecule has 0 unspecified atom stereocenters. The Morgan fingerprint density at radius 3 is 1.37 bits per heavy atom. The molecule has 2 saturated heterocycles. The zero-order valence-electron chi connectivity index (χ0n) is 34.1. The van der Waals surface area contributed by atoms with Crippen molar-refractivity contribution in [3.05, 3.63) is 141 Å². The third-order valence-electron chi connectivity index (χ3n) is 10.6. The van der Waals surface area contributed by atoms with Crippen molar-refractivity contribution in [1.82, 2.24) is 19.8 Å². The first-order valence-corrected chi connectivity index (χ1v) is 25.6. The van der Waals surface area contributed by atoms with E-state index in [0.717, 1.165) is 52.1 Å². The third kappa shape index (κ3) is 12.5. The minimum atomic E-state index is -3.75. The van der Waals surface area contributed by atoms with Gasteiger partial charge in [0.25, 0.3) is 20.0 Å². The highest BCUT2D eigenvalue weighted by Gasteiger charge is 2.30. The summed E-state index contributed by atoms with van der Waals surface area (Å²) >= 11 is 15.2. The molecular formula is C44H48Cl2N6O6S4. The first-order valence-electron chi connectivity index (χ1n) is 20.1. The number of thiazole rings is 2. The number of aromatic nitrogens is 2. The normalized spacial score (nSPS) is 19.8. The van der Waals surface area contributed by atoms with Crippen molar-refractivity contribution in [2.24, 2.45) is 11.8 Å². The van der Waals surface area contributed by atoms with E-state index in [4.69, 9.17) is 32.7 Å². The lowest BCUT2D eigenvalue weighted by atomic mass is 9.96. The first-order chi connectivity index (χ1) is 29.8. The molecule has 4 aromatic carbocycles. The van der Waals surface area contributed by atoms with Gasteiger partial charge in [0, 0.05) is 74.3 Å². The zero-order chi connectivity index (χ0) is 43.7. The van der Waals surface area contributed by atoms with Crippen LogP contribution in [0.15, 0.2) is 130 Å². The van der Waals surface area contributed by atoms with Gasteiger partial charge in [0.15, 0.2) is 10.3 Å². The lowest BCUT2D eigenvalue weighted by Gasteiger charge is -2.37. The molecule has 2 aliphatic rings. The monoisotopic (exact) mass is 954 g/mol. The number of hydrogen-bond donors (Lipinski definition) is 2. The molecule has 0 amide bonds. The Morgan fingerprint density at radius 1 is 0.629 bits per heavy atom. The molecule has 4 heterocycles. The van der Waals surface area contributed by atoms with E-state index in [2.05, 4.69) is 91.6 Å². The lowest BCUT2D eigenvalue weighted by Crippen LogP contribution is -2.44. The highest BCUT2D eigenvalue weighted by molar-refractivity contribution is 7.93. The van der Waals surface area contributed by atoms with Crippen LogP contribution in [0.25, 0.3) is 0 Å². The smallest absolute Gasteiger partial charge is 0.263 e. The van der Waals surface area contributed by atoms with Crippen LogP contribution in [0.3, 0.4) is 0 Å². The average Bonchev–Trinajstić information content (AvgIpc) is 3.96. The molecule has 328 valence electrons. The number of hydrogen-bond acceptors (Lipinski definition) is 12. The summed E-state index contributed by atoms with van der Waals surface area (Å²) in [5.41, 5.74) is 2.61. The maximum Gasteiger partial charge on any atom is 0.263 e. The molecule has 12 nitrogen and oxygen atoms in total. The van der Waals surface area contributed by atoms with E-state index in [0.29, 0.717) is 33.6 Å². The van der Waals surface area contributed by atoms with E-state index < -0.39 is 20.0 Å². The molecule has 0 aliphatic carbocycles. The Bertz CT molecular complexity index is 2400. The second-order valence-corrected chi connectivity index (χ2v) is 21.3. The van der Waals surface area contributed by atoms with Crippen LogP contribution < -0.4 is 18.9 Å². The van der Waals surface area contributed by atoms with Crippen LogP contribution in [0.5, 0.6) is 11.5 Å². The van der Waals surface area contributed by atoms with Gasteiger partial charge in [-0.05, 0) is 60.4 Å². The van der Waals surface area contributed by atoms with Gasteiger partial charge in [-0.1, -0.05) is 97.7 Å². The fourth-order valence-corrected chi connectivity index (χ4v) is 11.7. The summed E-state index contributed by atoms with van der Waals surface area (Å²) in [6.07, 6.45) is 4.91. The summed E-state index contributed by atoms with van der Waals surface area (Å²) in [4.78, 5) is 12.9. The Kier molecular flexibility index (Phi) is 15.5. The molecule has 18 heteroatoms. The second kappa shape index (κ2) is 20.9. The van der Waals surface area contributed by atoms with E-state index in [1.165, 1.54) is 58.1 Å². The van der Waals surface area contributed by atoms with Gasteiger partial charge in [-0.2, -0.15) is 0 Å². The van der Waals surface area contributed by atoms with Gasteiger partial charge in [0.05, 0.1) is 19.8 Å². The molecule has 2 aromatic heterocycles. The SMILES string of the molecule is C[C@@H]1CN(Cc2ccccc2)CC[C@H]1Oc1ccc(S(=O)(=O)Nc2nccs2)cc1Cl.C[C@H]1CN(Cc2ccccc2)CC[C@H]1Oc1ccc(S(=O)(=O)Nc2nccs2)cc1Cl. The van der Waals surface area contributed by atoms with Crippen LogP contribution in [-0.2, 0) is 33.1 Å². The summed E-state index contributed by atoms with van der Waals surface area (Å²) < 4.78 is 67.4. The summed E-state index contributed by atoms with van der Waals surface area (Å²) in [7, 11) is -7.50. The van der Waals surface area contributed by atoms with Crippen LogP contribution in [0.1, 0.15) is 37.8 Å². The van der Waals surface area contributed by atoms with Gasteiger partial charge in [0.2, 0.25) is 0 Å². The molecule has 2 aliphatic heterocycles. The summed E-state index contributed by atoms with van der Waals surface area (Å²) in [5, 5.41) is 4.59. The molecule has 2 fully saturated rings. The van der Waals surface area contributed by atoms with Crippen molar-refractivity contribution in [3.8, 4) is 11.5 Å². The quantitative estimate of drug-likeness (QED) is 0.108. The van der Waals surface area contributed by atoms with Gasteiger partial charge in [-0.3, -0.25) is 19.2 Å². The van der Waals surface area contributed by atoms with Gasteiger partial charge >= 0.3 is 0 Å². The largest absolute Gasteiger partial charge is 0.488 e. The molecule has 62 heavy (non-hydrogen) atoms. The van der Waals surface area contributed by atoms with Crippen LogP contribution in [0.2, 0.25) is 10.0 Å². The number of nitrogens with one attached hydrogen (secondary N) is 2. The molecule has 4 atom stereocenters. The van der Waals surface area contributed by atoms with Gasteiger partial charge in [0.1, 0.15) is 23.7 Å². The molecule has 8 rings (SSSR count). The standard InChI is InChI=1S/2C22H24ClN3O3S2/c2*1-16-14-26(15-17-5-3-2-4-6-17)11-9-20(16)29-21-8-7-18(13-19(21)23)31(27,28)25-22-24-10-12-30-22/h2*2-8,10,12-13,16,20H,9,11,14-15H2,1H3,(H,24,25)/t16-,20+;16-,20-/m01/s1. The van der Waals surface area contributed by atoms with E-state index >= 15 is 0 Å². The van der Waals surface area contributed by atoms with E-state index in [1.54, 1.807) is 35.3 Å². The molecule has 0 spiro atoms. The zero-order valence-corrected chi connectivity index (χ0v) is 38.9. The number of rotatable bonds is 14. The summed E-state index contributed by atoms with van der Waals surface area (Å²) in [6, 6.07) is 30.0. The number of benzene rings is 4. The summed E-state index contributed by atoms with van der Waals surface area (Å²) in [6.45, 7) is 9.94. The topological polar surface area (TPSA) is 143 Å². The third-order valence-corrected chi connectivity index (χ3v) is 15.5. The maximum atomic E-state index is 12.5.